The third-order valence-corrected chi connectivity index (χ3v) is 2.94. The summed E-state index contributed by atoms with van der Waals surface area (Å²) in [7, 11) is 0. The van der Waals surface area contributed by atoms with Crippen LogP contribution in [0.2, 0.25) is 0 Å². The predicted molar refractivity (Wildman–Crippen MR) is 57.1 cm³/mol. The average Bonchev–Trinajstić information content (AvgIpc) is 2.01. The molecule has 1 rings (SSSR count). The highest BCUT2D eigenvalue weighted by atomic mass is 16.4. The summed E-state index contributed by atoms with van der Waals surface area (Å²) in [6, 6.07) is 0. The Morgan fingerprint density at radius 2 is 2.14 bits per heavy atom. The van der Waals surface area contributed by atoms with Gasteiger partial charge in [0.05, 0.1) is 0 Å². The van der Waals surface area contributed by atoms with Gasteiger partial charge in [0.2, 0.25) is 0 Å². The first kappa shape index (κ1) is 11.0. The van der Waals surface area contributed by atoms with E-state index in [4.69, 9.17) is 5.11 Å². The van der Waals surface area contributed by atoms with Gasteiger partial charge in [0.15, 0.2) is 0 Å². The summed E-state index contributed by atoms with van der Waals surface area (Å²) >= 11 is 0. The zero-order valence-electron chi connectivity index (χ0n) is 9.13. The fraction of sp³-hybridized carbons (Fsp3) is 0.583. The highest BCUT2D eigenvalue weighted by Gasteiger charge is 2.26. The summed E-state index contributed by atoms with van der Waals surface area (Å²) in [5.74, 6) is -0.869. The number of carboxylic acid groups (broad SMARTS) is 1. The molecule has 0 spiro atoms. The van der Waals surface area contributed by atoms with Gasteiger partial charge in [0.1, 0.15) is 0 Å². The first-order valence-electron chi connectivity index (χ1n) is 5.05. The molecule has 0 bridgehead atoms. The second-order valence-corrected chi connectivity index (χ2v) is 4.60. The molecule has 2 nitrogen and oxygen atoms in total. The normalized spacial score (nSPS) is 21.6. The third kappa shape index (κ3) is 2.47. The van der Waals surface area contributed by atoms with E-state index in [-0.39, 0.29) is 5.41 Å². The fourth-order valence-electron chi connectivity index (χ4n) is 2.16. The summed E-state index contributed by atoms with van der Waals surface area (Å²) in [4.78, 5) is 10.5. The standard InChI is InChI=1S/C12H18O2/c1-9-5-4-8-12(2,3)10(9)6-7-11(13)14/h6-7H,4-5,8H2,1-3H3,(H,13,14). The molecule has 0 radical (unpaired) electrons. The van der Waals surface area contributed by atoms with Crippen molar-refractivity contribution in [3.8, 4) is 0 Å². The smallest absolute Gasteiger partial charge is 0.328 e. The molecule has 14 heavy (non-hydrogen) atoms. The van der Waals surface area contributed by atoms with E-state index < -0.39 is 5.97 Å². The lowest BCUT2D eigenvalue weighted by molar-refractivity contribution is -0.131. The molecule has 1 N–H and O–H groups in total. The van der Waals surface area contributed by atoms with Gasteiger partial charge < -0.3 is 5.11 Å². The number of hydrogen-bond donors (Lipinski definition) is 1. The monoisotopic (exact) mass is 194 g/mol. The van der Waals surface area contributed by atoms with Crippen molar-refractivity contribution in [2.45, 2.75) is 40.0 Å². The predicted octanol–water partition coefficient (Wildman–Crippen LogP) is 3.15. The first-order valence-corrected chi connectivity index (χ1v) is 5.05. The number of carbonyl (C=O) groups is 1. The largest absolute Gasteiger partial charge is 0.478 e. The Kier molecular flexibility index (Phi) is 3.14. The Bertz CT molecular complexity index is 295. The Morgan fingerprint density at radius 3 is 2.64 bits per heavy atom. The average molecular weight is 194 g/mol. The van der Waals surface area contributed by atoms with Crippen molar-refractivity contribution in [1.82, 2.24) is 0 Å². The topological polar surface area (TPSA) is 37.3 Å². The zero-order chi connectivity index (χ0) is 10.8. The van der Waals surface area contributed by atoms with Crippen molar-refractivity contribution in [2.24, 2.45) is 5.41 Å². The molecule has 0 atom stereocenters. The van der Waals surface area contributed by atoms with Crippen LogP contribution in [0.15, 0.2) is 23.3 Å². The van der Waals surface area contributed by atoms with Gasteiger partial charge in [0, 0.05) is 6.08 Å². The molecule has 0 heterocycles. The Balaban J connectivity index is 2.96. The van der Waals surface area contributed by atoms with Gasteiger partial charge in [-0.2, -0.15) is 0 Å². The van der Waals surface area contributed by atoms with E-state index in [1.54, 1.807) is 6.08 Å². The number of aliphatic carboxylic acids is 1. The minimum absolute atomic E-state index is 0.133. The molecule has 0 saturated heterocycles. The molecule has 0 aromatic rings. The maximum absolute atomic E-state index is 10.5. The summed E-state index contributed by atoms with van der Waals surface area (Å²) < 4.78 is 0. The van der Waals surface area contributed by atoms with Crippen molar-refractivity contribution < 1.29 is 9.90 Å². The van der Waals surface area contributed by atoms with Crippen molar-refractivity contribution in [3.63, 3.8) is 0 Å². The van der Waals surface area contributed by atoms with Crippen molar-refractivity contribution in [3.05, 3.63) is 23.3 Å². The summed E-state index contributed by atoms with van der Waals surface area (Å²) in [5, 5.41) is 8.59. The van der Waals surface area contributed by atoms with Gasteiger partial charge >= 0.3 is 5.97 Å². The molecule has 0 aliphatic heterocycles. The number of rotatable bonds is 2. The molecule has 78 valence electrons. The van der Waals surface area contributed by atoms with Crippen LogP contribution in [0.1, 0.15) is 40.0 Å². The van der Waals surface area contributed by atoms with E-state index in [1.165, 1.54) is 23.6 Å². The van der Waals surface area contributed by atoms with Crippen LogP contribution < -0.4 is 0 Å². The number of carboxylic acids is 1. The summed E-state index contributed by atoms with van der Waals surface area (Å²) in [6.45, 7) is 6.46. The van der Waals surface area contributed by atoms with Crippen LogP contribution in [0.4, 0.5) is 0 Å². The van der Waals surface area contributed by atoms with E-state index in [0.29, 0.717) is 0 Å². The van der Waals surface area contributed by atoms with Gasteiger partial charge in [0.25, 0.3) is 0 Å². The summed E-state index contributed by atoms with van der Waals surface area (Å²) in [6.07, 6.45) is 6.46. The molecular weight excluding hydrogens is 176 g/mol. The molecule has 0 aromatic carbocycles. The Morgan fingerprint density at radius 1 is 1.50 bits per heavy atom. The second-order valence-electron chi connectivity index (χ2n) is 4.60. The van der Waals surface area contributed by atoms with Gasteiger partial charge in [-0.05, 0) is 37.2 Å². The molecule has 1 aliphatic carbocycles. The minimum Gasteiger partial charge on any atom is -0.478 e. The lowest BCUT2D eigenvalue weighted by Crippen LogP contribution is -2.19. The Labute approximate surface area is 85.3 Å². The second kappa shape index (κ2) is 3.99. The molecule has 0 aromatic heterocycles. The van der Waals surface area contributed by atoms with E-state index in [1.807, 2.05) is 0 Å². The maximum Gasteiger partial charge on any atom is 0.328 e. The van der Waals surface area contributed by atoms with Crippen molar-refractivity contribution in [2.75, 3.05) is 0 Å². The first-order chi connectivity index (χ1) is 6.43. The van der Waals surface area contributed by atoms with Crippen LogP contribution in [0, 0.1) is 5.41 Å². The van der Waals surface area contributed by atoms with E-state index in [2.05, 4.69) is 20.8 Å². The zero-order valence-corrected chi connectivity index (χ0v) is 9.13. The van der Waals surface area contributed by atoms with Crippen LogP contribution in [0.25, 0.3) is 0 Å². The van der Waals surface area contributed by atoms with E-state index in [9.17, 15) is 4.79 Å². The molecule has 0 amide bonds. The van der Waals surface area contributed by atoms with Gasteiger partial charge in [-0.15, -0.1) is 0 Å². The van der Waals surface area contributed by atoms with Gasteiger partial charge in [-0.25, -0.2) is 4.79 Å². The van der Waals surface area contributed by atoms with E-state index in [0.717, 1.165) is 12.8 Å². The fourth-order valence-corrected chi connectivity index (χ4v) is 2.16. The SMILES string of the molecule is CC1=C(C=CC(=O)O)C(C)(C)CCC1. The lowest BCUT2D eigenvalue weighted by atomic mass is 9.73. The number of allylic oxidation sites excluding steroid dienone is 3. The van der Waals surface area contributed by atoms with Crippen LogP contribution in [0.5, 0.6) is 0 Å². The minimum atomic E-state index is -0.869. The lowest BCUT2D eigenvalue weighted by Gasteiger charge is -2.32. The molecule has 2 heteroatoms. The quantitative estimate of drug-likeness (QED) is 0.685. The molecule has 0 saturated carbocycles. The maximum atomic E-state index is 10.5. The van der Waals surface area contributed by atoms with Crippen LogP contribution in [-0.4, -0.2) is 11.1 Å². The Hall–Kier alpha value is -1.05. The van der Waals surface area contributed by atoms with E-state index >= 15 is 0 Å². The molecule has 1 aliphatic rings. The highest BCUT2D eigenvalue weighted by molar-refractivity contribution is 5.80. The third-order valence-electron chi connectivity index (χ3n) is 2.94. The molecule has 0 unspecified atom stereocenters. The van der Waals surface area contributed by atoms with Gasteiger partial charge in [-0.1, -0.05) is 25.5 Å². The van der Waals surface area contributed by atoms with Gasteiger partial charge in [-0.3, -0.25) is 0 Å². The van der Waals surface area contributed by atoms with Crippen molar-refractivity contribution in [1.29, 1.82) is 0 Å². The molecule has 0 fully saturated rings. The highest BCUT2D eigenvalue weighted by Crippen LogP contribution is 2.40. The van der Waals surface area contributed by atoms with Crippen LogP contribution in [-0.2, 0) is 4.79 Å². The summed E-state index contributed by atoms with van der Waals surface area (Å²) in [5.41, 5.74) is 2.67. The van der Waals surface area contributed by atoms with Crippen molar-refractivity contribution >= 4 is 5.97 Å². The molecular formula is C12H18O2. The van der Waals surface area contributed by atoms with Crippen LogP contribution in [0.3, 0.4) is 0 Å². The number of hydrogen-bond acceptors (Lipinski definition) is 1. The van der Waals surface area contributed by atoms with Crippen LogP contribution >= 0.6 is 0 Å².